The molecule has 0 aliphatic rings. The molecule has 2 nitrogen and oxygen atoms in total. The Morgan fingerprint density at radius 3 is 2.00 bits per heavy atom. The zero-order chi connectivity index (χ0) is 3.58. The molecule has 0 bridgehead atoms. The molecule has 0 aliphatic carbocycles. The van der Waals surface area contributed by atoms with Crippen LogP contribution >= 0.6 is 0 Å². The van der Waals surface area contributed by atoms with Gasteiger partial charge in [-0.15, -0.1) is 0 Å². The number of carboxylic acid groups (broad SMARTS) is 1. The summed E-state index contributed by atoms with van der Waals surface area (Å²) in [5.41, 5.74) is 0. The van der Waals surface area contributed by atoms with Crippen molar-refractivity contribution in [3.8, 4) is 0 Å². The fraction of sp³-hybridized carbons (Fsp3) is 0.500. The molecule has 0 unspecified atom stereocenters. The largest absolute Gasteiger partial charge is 2.00 e. The molecule has 0 aromatic carbocycles. The second-order valence-corrected chi connectivity index (χ2v) is 0.519. The second-order valence-electron chi connectivity index (χ2n) is 0.519. The molecule has 0 aliphatic heterocycles. The average Bonchev–Trinajstić information content (AvgIpc) is 0.811. The Morgan fingerprint density at radius 1 is 2.00 bits per heavy atom. The summed E-state index contributed by atoms with van der Waals surface area (Å²) in [5.74, 6) is -0.833. The van der Waals surface area contributed by atoms with Crippen LogP contribution in [0.2, 0.25) is 0 Å². The Kier molecular flexibility index (Phi) is 8.72. The van der Waals surface area contributed by atoms with E-state index >= 15 is 0 Å². The molecule has 0 amide bonds. The van der Waals surface area contributed by atoms with E-state index in [2.05, 4.69) is 0 Å². The van der Waals surface area contributed by atoms with E-state index in [1.54, 1.807) is 0 Å². The summed E-state index contributed by atoms with van der Waals surface area (Å²) >= 11 is 0. The van der Waals surface area contributed by atoms with Gasteiger partial charge in [-0.05, 0) is 0 Å². The van der Waals surface area contributed by atoms with E-state index < -0.39 is 5.97 Å². The van der Waals surface area contributed by atoms with Gasteiger partial charge in [-0.1, -0.05) is 0 Å². The predicted octanol–water partition coefficient (Wildman–Crippen LogP) is -0.0649. The Hall–Kier alpha value is 0.730. The number of rotatable bonds is 0. The van der Waals surface area contributed by atoms with Gasteiger partial charge in [0.05, 0.1) is 0 Å². The molecule has 0 saturated heterocycles. The van der Waals surface area contributed by atoms with Crippen LogP contribution in [0.25, 0.3) is 0 Å². The number of aliphatic carboxylic acids is 1. The van der Waals surface area contributed by atoms with Crippen molar-refractivity contribution >= 4 is 43.7 Å². The minimum absolute atomic E-state index is 0. The van der Waals surface area contributed by atoms with Gasteiger partial charge < -0.3 is 7.96 Å². The smallest absolute Gasteiger partial charge is 1.00 e. The first-order valence-electron chi connectivity index (χ1n) is 0.928. The van der Waals surface area contributed by atoms with Gasteiger partial charge in [0.1, 0.15) is 0 Å². The summed E-state index contributed by atoms with van der Waals surface area (Å²) in [6, 6.07) is 0. The maximum Gasteiger partial charge on any atom is 2.00 e. The van der Waals surface area contributed by atoms with Crippen LogP contribution < -0.4 is 0 Å². The Morgan fingerprint density at radius 2 is 2.00 bits per heavy atom. The second kappa shape index (κ2) is 4.73. The van der Waals surface area contributed by atoms with Crippen molar-refractivity contribution in [3.63, 3.8) is 0 Å². The molecule has 0 radical (unpaired) electrons. The first-order chi connectivity index (χ1) is 1.73. The first kappa shape index (κ1) is 9.21. The minimum Gasteiger partial charge on any atom is -1.00 e. The van der Waals surface area contributed by atoms with Crippen molar-refractivity contribution in [3.05, 3.63) is 0 Å². The van der Waals surface area contributed by atoms with E-state index in [1.165, 1.54) is 0 Å². The van der Waals surface area contributed by atoms with Crippen LogP contribution in [0.4, 0.5) is 0 Å². The van der Waals surface area contributed by atoms with E-state index in [-0.39, 0.29) is 40.6 Å². The van der Waals surface area contributed by atoms with E-state index in [9.17, 15) is 0 Å². The van der Waals surface area contributed by atoms with Crippen LogP contribution in [-0.2, 0) is 4.79 Å². The monoisotopic (exact) mass is 102 g/mol. The van der Waals surface area contributed by atoms with Crippen LogP contribution in [0.3, 0.4) is 0 Å². The van der Waals surface area contributed by atoms with E-state index in [0.717, 1.165) is 6.92 Å². The Balaban J connectivity index is -0.0000000150. The minimum atomic E-state index is -0.833. The molecule has 0 fully saturated rings. The number of carboxylic acids is 1. The van der Waals surface area contributed by atoms with Crippen LogP contribution in [0, 0.1) is 0 Å². The van der Waals surface area contributed by atoms with Gasteiger partial charge in [0.25, 0.3) is 5.97 Å². The number of hydrogen-bond donors (Lipinski definition) is 1. The molecule has 0 aromatic heterocycles. The van der Waals surface area contributed by atoms with Crippen molar-refractivity contribution in [2.24, 2.45) is 0 Å². The summed E-state index contributed by atoms with van der Waals surface area (Å²) in [4.78, 5) is 9.00. The van der Waals surface area contributed by atoms with E-state index in [4.69, 9.17) is 9.90 Å². The third-order valence-corrected chi connectivity index (χ3v) is 0. The van der Waals surface area contributed by atoms with Crippen LogP contribution in [0.15, 0.2) is 0 Å². The van der Waals surface area contributed by atoms with Crippen molar-refractivity contribution in [1.82, 2.24) is 0 Å². The van der Waals surface area contributed by atoms with Gasteiger partial charge in [0.15, 0.2) is 0 Å². The average molecular weight is 102 g/mol. The van der Waals surface area contributed by atoms with Crippen molar-refractivity contribution in [2.75, 3.05) is 0 Å². The van der Waals surface area contributed by atoms with Gasteiger partial charge in [-0.2, -0.15) is 0 Å². The summed E-state index contributed by atoms with van der Waals surface area (Å²) in [6.45, 7) is 1.08. The van der Waals surface area contributed by atoms with E-state index in [1.807, 2.05) is 0 Å². The molecule has 0 spiro atoms. The van der Waals surface area contributed by atoms with Crippen molar-refractivity contribution in [1.29, 1.82) is 0 Å². The Bertz CT molecular complexity index is 36.7. The summed E-state index contributed by atoms with van der Waals surface area (Å²) in [7, 11) is 0. The predicted molar refractivity (Wildman–Crippen MR) is 21.3 cm³/mol. The van der Waals surface area contributed by atoms with Crippen LogP contribution in [-0.4, -0.2) is 48.8 Å². The van der Waals surface area contributed by atoms with E-state index in [0.29, 0.717) is 0 Å². The maximum absolute atomic E-state index is 9.00. The fourth-order valence-electron chi connectivity index (χ4n) is 0. The molecule has 0 atom stereocenters. The molecule has 0 heterocycles. The molecule has 1 N–H and O–H groups in total. The third-order valence-electron chi connectivity index (χ3n) is 0. The fourth-order valence-corrected chi connectivity index (χ4v) is 0. The van der Waals surface area contributed by atoms with Crippen molar-refractivity contribution in [2.45, 2.75) is 6.92 Å². The molecule has 5 heavy (non-hydrogen) atoms. The standard InChI is InChI=1S/C2H4O2.Ca.2H/c1-2(3)4;;;/h1H3,(H,3,4);;;/q;+2;2*-1. The van der Waals surface area contributed by atoms with Gasteiger partial charge >= 0.3 is 37.7 Å². The third kappa shape index (κ3) is 66.2. The topological polar surface area (TPSA) is 37.3 Å². The molecule has 0 saturated carbocycles. The zero-order valence-electron chi connectivity index (χ0n) is 5.06. The summed E-state index contributed by atoms with van der Waals surface area (Å²) < 4.78 is 0. The molecule has 0 aromatic rings. The zero-order valence-corrected chi connectivity index (χ0v) is 5.27. The number of hydrogen-bond acceptors (Lipinski definition) is 1. The van der Waals surface area contributed by atoms with Crippen molar-refractivity contribution < 1.29 is 12.8 Å². The van der Waals surface area contributed by atoms with Gasteiger partial charge in [-0.3, -0.25) is 4.79 Å². The molecular formula is C2H6CaO2. The maximum atomic E-state index is 9.00. The summed E-state index contributed by atoms with van der Waals surface area (Å²) in [6.07, 6.45) is 0. The SMILES string of the molecule is CC(=O)O.[Ca+2].[H-].[H-]. The quantitative estimate of drug-likeness (QED) is 0.435. The van der Waals surface area contributed by atoms with Crippen LogP contribution in [0.1, 0.15) is 9.78 Å². The van der Waals surface area contributed by atoms with Gasteiger partial charge in [0.2, 0.25) is 0 Å². The normalized spacial score (nSPS) is 5.00. The molecule has 0 rings (SSSR count). The van der Waals surface area contributed by atoms with Gasteiger partial charge in [0, 0.05) is 6.92 Å². The van der Waals surface area contributed by atoms with Gasteiger partial charge in [-0.25, -0.2) is 0 Å². The number of carbonyl (C=O) groups is 1. The molecule has 3 heteroatoms. The summed E-state index contributed by atoms with van der Waals surface area (Å²) in [5, 5.41) is 7.42. The van der Waals surface area contributed by atoms with Crippen LogP contribution in [0.5, 0.6) is 0 Å². The first-order valence-corrected chi connectivity index (χ1v) is 0.928. The Labute approximate surface area is 63.1 Å². The molecular weight excluding hydrogens is 96.1 g/mol. The molecule has 28 valence electrons.